The fourth-order valence-corrected chi connectivity index (χ4v) is 2.46. The molecule has 0 radical (unpaired) electrons. The van der Waals surface area contributed by atoms with Crippen molar-refractivity contribution in [1.29, 1.82) is 0 Å². The van der Waals surface area contributed by atoms with Gasteiger partial charge in [0.15, 0.2) is 0 Å². The lowest BCUT2D eigenvalue weighted by molar-refractivity contribution is -0.425. The Bertz CT molecular complexity index is 867. The van der Waals surface area contributed by atoms with E-state index < -0.39 is 0 Å². The largest absolute Gasteiger partial charge is 0.456 e. The summed E-state index contributed by atoms with van der Waals surface area (Å²) in [4.78, 5) is 10.9. The lowest BCUT2D eigenvalue weighted by Gasteiger charge is -1.99. The number of furan rings is 1. The monoisotopic (exact) mass is 339 g/mol. The van der Waals surface area contributed by atoms with E-state index in [0.717, 1.165) is 11.1 Å². The first-order chi connectivity index (χ1) is 11.6. The van der Waals surface area contributed by atoms with Crippen LogP contribution in [0.5, 0.6) is 0 Å². The molecular weight excluding hydrogens is 326 g/mol. The second-order valence-corrected chi connectivity index (χ2v) is 5.70. The van der Waals surface area contributed by atoms with Gasteiger partial charge in [0.2, 0.25) is 0 Å². The maximum atomic E-state index is 11.3. The zero-order valence-electron chi connectivity index (χ0n) is 12.7. The van der Waals surface area contributed by atoms with Crippen molar-refractivity contribution in [2.24, 2.45) is 0 Å². The Morgan fingerprint density at radius 2 is 1.75 bits per heavy atom. The normalized spacial score (nSPS) is 11.5. The molecule has 0 aliphatic carbocycles. The van der Waals surface area contributed by atoms with Crippen molar-refractivity contribution < 1.29 is 9.34 Å². The van der Waals surface area contributed by atoms with Gasteiger partial charge >= 0.3 is 0 Å². The molecule has 1 heterocycles. The topological polar surface area (TPSA) is 56.3 Å². The van der Waals surface area contributed by atoms with Crippen molar-refractivity contribution in [3.8, 4) is 11.3 Å². The van der Waals surface area contributed by atoms with Crippen LogP contribution in [0.4, 0.5) is 0 Å². The fraction of sp³-hybridized carbons (Fsp3) is 0.0526. The first kappa shape index (κ1) is 16.0. The highest BCUT2D eigenvalue weighted by atomic mass is 35.5. The van der Waals surface area contributed by atoms with Gasteiger partial charge in [-0.2, -0.15) is 0 Å². The van der Waals surface area contributed by atoms with Crippen molar-refractivity contribution >= 4 is 17.7 Å². The van der Waals surface area contributed by atoms with Crippen LogP contribution in [-0.4, -0.2) is 4.92 Å². The van der Waals surface area contributed by atoms with Crippen molar-refractivity contribution in [3.05, 3.63) is 98.9 Å². The smallest absolute Gasteiger partial charge is 0.254 e. The molecule has 0 fully saturated rings. The van der Waals surface area contributed by atoms with Crippen LogP contribution in [0.25, 0.3) is 17.4 Å². The van der Waals surface area contributed by atoms with Crippen LogP contribution < -0.4 is 0 Å². The molecule has 0 bridgehead atoms. The second-order valence-electron chi connectivity index (χ2n) is 5.26. The number of hydrogen-bond acceptors (Lipinski definition) is 3. The predicted octanol–water partition coefficient (Wildman–Crippen LogP) is 5.46. The number of rotatable bonds is 5. The summed E-state index contributed by atoms with van der Waals surface area (Å²) in [7, 11) is 0. The van der Waals surface area contributed by atoms with Crippen LogP contribution in [-0.2, 0) is 6.42 Å². The van der Waals surface area contributed by atoms with E-state index in [1.165, 1.54) is 6.08 Å². The van der Waals surface area contributed by atoms with Gasteiger partial charge < -0.3 is 4.42 Å². The molecule has 0 saturated heterocycles. The number of allylic oxidation sites excluding steroid dienone is 1. The van der Waals surface area contributed by atoms with Crippen LogP contribution in [0.2, 0.25) is 5.02 Å². The molecule has 1 aromatic heterocycles. The number of hydrogen-bond donors (Lipinski definition) is 0. The number of halogens is 1. The van der Waals surface area contributed by atoms with Gasteiger partial charge in [-0.25, -0.2) is 0 Å². The quantitative estimate of drug-likeness (QED) is 0.458. The van der Waals surface area contributed by atoms with Gasteiger partial charge in [0.1, 0.15) is 11.5 Å². The molecule has 0 atom stereocenters. The van der Waals surface area contributed by atoms with E-state index in [1.54, 1.807) is 24.3 Å². The standard InChI is InChI=1S/C19H14ClNO3/c20-16-8-6-15(7-9-16)19-11-10-18(24-19)13-17(21(22)23)12-14-4-2-1-3-5-14/h1-11,13H,12H2/b17-13-. The average Bonchev–Trinajstić information content (AvgIpc) is 3.04. The highest BCUT2D eigenvalue weighted by molar-refractivity contribution is 6.30. The molecule has 0 unspecified atom stereocenters. The van der Waals surface area contributed by atoms with Crippen LogP contribution >= 0.6 is 11.6 Å². The third-order valence-corrected chi connectivity index (χ3v) is 3.78. The van der Waals surface area contributed by atoms with E-state index in [-0.39, 0.29) is 17.0 Å². The Morgan fingerprint density at radius 1 is 1.04 bits per heavy atom. The second kappa shape index (κ2) is 7.15. The van der Waals surface area contributed by atoms with Gasteiger partial charge in [-0.1, -0.05) is 41.9 Å². The van der Waals surface area contributed by atoms with Crippen LogP contribution in [0.15, 0.2) is 76.8 Å². The van der Waals surface area contributed by atoms with Crippen molar-refractivity contribution in [2.45, 2.75) is 6.42 Å². The first-order valence-corrected chi connectivity index (χ1v) is 7.74. The fourth-order valence-electron chi connectivity index (χ4n) is 2.34. The van der Waals surface area contributed by atoms with Crippen molar-refractivity contribution in [1.82, 2.24) is 0 Å². The van der Waals surface area contributed by atoms with E-state index in [2.05, 4.69) is 0 Å². The van der Waals surface area contributed by atoms with E-state index >= 15 is 0 Å². The third-order valence-electron chi connectivity index (χ3n) is 3.53. The zero-order chi connectivity index (χ0) is 16.9. The summed E-state index contributed by atoms with van der Waals surface area (Å²) >= 11 is 5.87. The molecule has 24 heavy (non-hydrogen) atoms. The Balaban J connectivity index is 1.85. The van der Waals surface area contributed by atoms with Gasteiger partial charge in [-0.15, -0.1) is 0 Å². The van der Waals surface area contributed by atoms with E-state index in [9.17, 15) is 10.1 Å². The molecule has 120 valence electrons. The first-order valence-electron chi connectivity index (χ1n) is 7.36. The molecule has 0 amide bonds. The molecule has 3 rings (SSSR count). The minimum absolute atomic E-state index is 0.0817. The van der Waals surface area contributed by atoms with Gasteiger partial charge in [0.25, 0.3) is 5.70 Å². The molecular formula is C19H14ClNO3. The summed E-state index contributed by atoms with van der Waals surface area (Å²) in [6.07, 6.45) is 1.71. The zero-order valence-corrected chi connectivity index (χ0v) is 13.4. The third kappa shape index (κ3) is 3.91. The molecule has 4 nitrogen and oxygen atoms in total. The Morgan fingerprint density at radius 3 is 2.42 bits per heavy atom. The Kier molecular flexibility index (Phi) is 4.77. The average molecular weight is 340 g/mol. The lowest BCUT2D eigenvalue weighted by Crippen LogP contribution is -2.02. The van der Waals surface area contributed by atoms with Crippen LogP contribution in [0.3, 0.4) is 0 Å². The summed E-state index contributed by atoms with van der Waals surface area (Å²) in [5, 5.41) is 11.9. The molecule has 0 saturated carbocycles. The van der Waals surface area contributed by atoms with Crippen LogP contribution in [0, 0.1) is 10.1 Å². The maximum Gasteiger partial charge on any atom is 0.254 e. The van der Waals surface area contributed by atoms with Crippen molar-refractivity contribution in [3.63, 3.8) is 0 Å². The Hall–Kier alpha value is -2.85. The summed E-state index contributed by atoms with van der Waals surface area (Å²) in [5.74, 6) is 1.09. The molecule has 0 N–H and O–H groups in total. The van der Waals surface area contributed by atoms with E-state index in [1.807, 2.05) is 42.5 Å². The highest BCUT2D eigenvalue weighted by Gasteiger charge is 2.14. The SMILES string of the molecule is O=[N+]([O-])/C(=C\c1ccc(-c2ccc(Cl)cc2)o1)Cc1ccccc1. The van der Waals surface area contributed by atoms with Crippen molar-refractivity contribution in [2.75, 3.05) is 0 Å². The number of nitro groups is 1. The van der Waals surface area contributed by atoms with Gasteiger partial charge in [0.05, 0.1) is 17.4 Å². The predicted molar refractivity (Wildman–Crippen MR) is 94.3 cm³/mol. The summed E-state index contributed by atoms with van der Waals surface area (Å²) in [6.45, 7) is 0. The molecule has 0 aliphatic rings. The van der Waals surface area contributed by atoms with E-state index in [4.69, 9.17) is 16.0 Å². The van der Waals surface area contributed by atoms with Gasteiger partial charge in [0, 0.05) is 10.6 Å². The summed E-state index contributed by atoms with van der Waals surface area (Å²) in [5.41, 5.74) is 1.83. The number of nitrogens with zero attached hydrogens (tertiary/aromatic N) is 1. The molecule has 0 spiro atoms. The minimum Gasteiger partial charge on any atom is -0.456 e. The lowest BCUT2D eigenvalue weighted by atomic mass is 10.1. The molecule has 2 aromatic carbocycles. The summed E-state index contributed by atoms with van der Waals surface area (Å²) in [6, 6.07) is 20.0. The highest BCUT2D eigenvalue weighted by Crippen LogP contribution is 2.25. The van der Waals surface area contributed by atoms with Crippen LogP contribution in [0.1, 0.15) is 11.3 Å². The molecule has 5 heteroatoms. The van der Waals surface area contributed by atoms with Gasteiger partial charge in [-0.3, -0.25) is 10.1 Å². The van der Waals surface area contributed by atoms with E-state index in [0.29, 0.717) is 16.5 Å². The van der Waals surface area contributed by atoms with Gasteiger partial charge in [-0.05, 0) is 42.0 Å². The molecule has 0 aliphatic heterocycles. The Labute approximate surface area is 144 Å². The summed E-state index contributed by atoms with van der Waals surface area (Å²) < 4.78 is 5.70. The minimum atomic E-state index is -0.377. The molecule has 3 aromatic rings. The maximum absolute atomic E-state index is 11.3. The number of benzene rings is 2.